The fourth-order valence-corrected chi connectivity index (χ4v) is 8.86. The smallest absolute Gasteiger partial charge is 0.0540 e. The lowest BCUT2D eigenvalue weighted by molar-refractivity contribution is 1.28. The molecule has 0 aliphatic heterocycles. The van der Waals surface area contributed by atoms with Crippen molar-refractivity contribution in [1.29, 1.82) is 0 Å². The molecule has 254 valence electrons. The van der Waals surface area contributed by atoms with Crippen LogP contribution in [-0.2, 0) is 0 Å². The van der Waals surface area contributed by atoms with E-state index in [4.69, 9.17) is 0 Å². The zero-order chi connectivity index (χ0) is 35.8. The molecule has 0 saturated carbocycles. The molecule has 0 radical (unpaired) electrons. The maximum absolute atomic E-state index is 2.40. The first-order chi connectivity index (χ1) is 26.7. The molecule has 2 heteroatoms. The van der Waals surface area contributed by atoms with E-state index in [1.54, 1.807) is 0 Å². The fourth-order valence-electron chi connectivity index (χ4n) is 7.72. The van der Waals surface area contributed by atoms with Crippen LogP contribution in [0.25, 0.3) is 75.5 Å². The average Bonchev–Trinajstić information content (AvgIpc) is 3.63. The molecule has 0 atom stereocenters. The zero-order valence-electron chi connectivity index (χ0n) is 29.6. The molecule has 10 rings (SSSR count). The van der Waals surface area contributed by atoms with E-state index in [-0.39, 0.29) is 0 Å². The van der Waals surface area contributed by atoms with Crippen molar-refractivity contribution in [3.63, 3.8) is 0 Å². The van der Waals surface area contributed by atoms with Gasteiger partial charge in [-0.05, 0) is 104 Å². The van der Waals surface area contributed by atoms with Crippen molar-refractivity contribution < 1.29 is 0 Å². The Labute approximate surface area is 319 Å². The molecule has 0 fully saturated rings. The number of fused-ring (bicyclic) bond motifs is 4. The Morgan fingerprint density at radius 3 is 1.59 bits per heavy atom. The van der Waals surface area contributed by atoms with Crippen LogP contribution in [0.15, 0.2) is 212 Å². The average molecular weight is 706 g/mol. The van der Waals surface area contributed by atoms with Crippen LogP contribution in [0.1, 0.15) is 0 Å². The molecule has 1 aromatic heterocycles. The summed E-state index contributed by atoms with van der Waals surface area (Å²) in [6, 6.07) is 77.2. The Bertz CT molecular complexity index is 2920. The standard InChI is InChI=1S/C52H35NS/c1-2-11-36(12-3-1)41-15-10-16-42(33-41)38-23-28-45(29-24-38)53(50-19-8-6-17-47(50)44-22-21-37-13-4-5-14-40(37)34-44)46-30-25-39(26-31-46)43-27-32-49-48-18-7-9-20-51(48)54-52(49)35-43/h1-35H. The summed E-state index contributed by atoms with van der Waals surface area (Å²) in [5.41, 5.74) is 13.0. The predicted molar refractivity (Wildman–Crippen MR) is 233 cm³/mol. The quantitative estimate of drug-likeness (QED) is 0.160. The van der Waals surface area contributed by atoms with Gasteiger partial charge in [0, 0.05) is 37.1 Å². The van der Waals surface area contributed by atoms with Gasteiger partial charge < -0.3 is 4.90 Å². The molecular formula is C52H35NS. The van der Waals surface area contributed by atoms with Crippen molar-refractivity contribution in [2.24, 2.45) is 0 Å². The highest BCUT2D eigenvalue weighted by Crippen LogP contribution is 2.43. The maximum atomic E-state index is 2.40. The van der Waals surface area contributed by atoms with E-state index in [0.29, 0.717) is 0 Å². The van der Waals surface area contributed by atoms with Crippen LogP contribution < -0.4 is 4.90 Å². The molecule has 0 amide bonds. The van der Waals surface area contributed by atoms with E-state index < -0.39 is 0 Å². The van der Waals surface area contributed by atoms with Crippen LogP contribution in [0.4, 0.5) is 17.1 Å². The first-order valence-corrected chi connectivity index (χ1v) is 19.2. The lowest BCUT2D eigenvalue weighted by Crippen LogP contribution is -2.11. The van der Waals surface area contributed by atoms with Crippen molar-refractivity contribution in [1.82, 2.24) is 0 Å². The maximum Gasteiger partial charge on any atom is 0.0540 e. The van der Waals surface area contributed by atoms with Gasteiger partial charge in [-0.1, -0.05) is 158 Å². The van der Waals surface area contributed by atoms with E-state index in [9.17, 15) is 0 Å². The van der Waals surface area contributed by atoms with Crippen molar-refractivity contribution in [3.05, 3.63) is 212 Å². The monoisotopic (exact) mass is 705 g/mol. The topological polar surface area (TPSA) is 3.24 Å². The highest BCUT2D eigenvalue weighted by Gasteiger charge is 2.18. The number of benzene rings is 9. The van der Waals surface area contributed by atoms with Crippen LogP contribution in [0, 0.1) is 0 Å². The second-order valence-electron chi connectivity index (χ2n) is 13.8. The van der Waals surface area contributed by atoms with Crippen molar-refractivity contribution in [3.8, 4) is 44.5 Å². The molecule has 54 heavy (non-hydrogen) atoms. The second kappa shape index (κ2) is 13.7. The van der Waals surface area contributed by atoms with Gasteiger partial charge in [0.05, 0.1) is 5.69 Å². The SMILES string of the molecule is c1ccc(-c2cccc(-c3ccc(N(c4ccc(-c5ccc6c(c5)sc5ccccc56)cc4)c4ccccc4-c4ccc5ccccc5c4)cc3)c2)cc1. The summed E-state index contributed by atoms with van der Waals surface area (Å²) >= 11 is 1.86. The molecule has 1 heterocycles. The number of hydrogen-bond donors (Lipinski definition) is 0. The molecule has 10 aromatic rings. The van der Waals surface area contributed by atoms with Crippen LogP contribution >= 0.6 is 11.3 Å². The molecule has 0 spiro atoms. The molecule has 0 aliphatic carbocycles. The van der Waals surface area contributed by atoms with Crippen LogP contribution in [-0.4, -0.2) is 0 Å². The molecule has 0 aliphatic rings. The number of thiophene rings is 1. The number of para-hydroxylation sites is 1. The highest BCUT2D eigenvalue weighted by atomic mass is 32.1. The summed E-state index contributed by atoms with van der Waals surface area (Å²) in [5.74, 6) is 0. The van der Waals surface area contributed by atoms with E-state index in [1.165, 1.54) is 75.5 Å². The van der Waals surface area contributed by atoms with Gasteiger partial charge in [0.25, 0.3) is 0 Å². The summed E-state index contributed by atoms with van der Waals surface area (Å²) in [5, 5.41) is 5.13. The number of anilines is 3. The lowest BCUT2D eigenvalue weighted by atomic mass is 9.97. The molecule has 0 unspecified atom stereocenters. The Balaban J connectivity index is 1.06. The van der Waals surface area contributed by atoms with Crippen LogP contribution in [0.3, 0.4) is 0 Å². The van der Waals surface area contributed by atoms with Crippen LogP contribution in [0.2, 0.25) is 0 Å². The van der Waals surface area contributed by atoms with Gasteiger partial charge in [0.1, 0.15) is 0 Å². The fraction of sp³-hybridized carbons (Fsp3) is 0. The molecular weight excluding hydrogens is 671 g/mol. The minimum Gasteiger partial charge on any atom is -0.310 e. The third kappa shape index (κ3) is 5.93. The third-order valence-corrected chi connectivity index (χ3v) is 11.6. The Morgan fingerprint density at radius 2 is 0.833 bits per heavy atom. The zero-order valence-corrected chi connectivity index (χ0v) is 30.4. The van der Waals surface area contributed by atoms with E-state index >= 15 is 0 Å². The van der Waals surface area contributed by atoms with Gasteiger partial charge in [-0.3, -0.25) is 0 Å². The van der Waals surface area contributed by atoms with Crippen molar-refractivity contribution >= 4 is 59.3 Å². The molecule has 0 bridgehead atoms. The molecule has 0 saturated heterocycles. The van der Waals surface area contributed by atoms with E-state index in [1.807, 2.05) is 11.3 Å². The van der Waals surface area contributed by atoms with E-state index in [0.717, 1.165) is 17.1 Å². The first-order valence-electron chi connectivity index (χ1n) is 18.4. The molecule has 9 aromatic carbocycles. The van der Waals surface area contributed by atoms with Gasteiger partial charge in [-0.15, -0.1) is 11.3 Å². The Kier molecular flexibility index (Phi) is 8.09. The van der Waals surface area contributed by atoms with Gasteiger partial charge in [-0.2, -0.15) is 0 Å². The Hall–Kier alpha value is -6.74. The van der Waals surface area contributed by atoms with Gasteiger partial charge >= 0.3 is 0 Å². The number of nitrogens with zero attached hydrogens (tertiary/aromatic N) is 1. The third-order valence-electron chi connectivity index (χ3n) is 10.5. The summed E-state index contributed by atoms with van der Waals surface area (Å²) in [4.78, 5) is 2.40. The predicted octanol–water partition coefficient (Wildman–Crippen LogP) is 15.3. The summed E-state index contributed by atoms with van der Waals surface area (Å²) in [6.07, 6.45) is 0. The molecule has 1 nitrogen and oxygen atoms in total. The Morgan fingerprint density at radius 1 is 0.296 bits per heavy atom. The second-order valence-corrected chi connectivity index (χ2v) is 14.8. The van der Waals surface area contributed by atoms with Gasteiger partial charge in [0.15, 0.2) is 0 Å². The lowest BCUT2D eigenvalue weighted by Gasteiger charge is -2.28. The summed E-state index contributed by atoms with van der Waals surface area (Å²) in [7, 11) is 0. The number of hydrogen-bond acceptors (Lipinski definition) is 2. The van der Waals surface area contributed by atoms with Crippen molar-refractivity contribution in [2.75, 3.05) is 4.90 Å². The van der Waals surface area contributed by atoms with Gasteiger partial charge in [-0.25, -0.2) is 0 Å². The number of rotatable bonds is 7. The van der Waals surface area contributed by atoms with Gasteiger partial charge in [0.2, 0.25) is 0 Å². The first kappa shape index (κ1) is 32.0. The van der Waals surface area contributed by atoms with Crippen LogP contribution in [0.5, 0.6) is 0 Å². The largest absolute Gasteiger partial charge is 0.310 e. The summed E-state index contributed by atoms with van der Waals surface area (Å²) < 4.78 is 2.65. The normalized spacial score (nSPS) is 11.3. The molecule has 0 N–H and O–H groups in total. The highest BCUT2D eigenvalue weighted by molar-refractivity contribution is 7.25. The minimum atomic E-state index is 1.10. The summed E-state index contributed by atoms with van der Waals surface area (Å²) in [6.45, 7) is 0. The van der Waals surface area contributed by atoms with Crippen molar-refractivity contribution in [2.45, 2.75) is 0 Å². The van der Waals surface area contributed by atoms with E-state index in [2.05, 4.69) is 217 Å². The minimum absolute atomic E-state index is 1.10.